The van der Waals surface area contributed by atoms with Crippen LogP contribution in [0.15, 0.2) is 55.1 Å². The minimum Gasteiger partial charge on any atom is -0.352 e. The molecule has 0 aliphatic carbocycles. The van der Waals surface area contributed by atoms with Crippen LogP contribution in [0.4, 0.5) is 14.7 Å². The van der Waals surface area contributed by atoms with Gasteiger partial charge in [0.15, 0.2) is 5.82 Å². The van der Waals surface area contributed by atoms with E-state index in [9.17, 15) is 8.78 Å². The van der Waals surface area contributed by atoms with Crippen LogP contribution in [0.3, 0.4) is 0 Å². The lowest BCUT2D eigenvalue weighted by Gasteiger charge is -2.12. The van der Waals surface area contributed by atoms with Gasteiger partial charge in [-0.3, -0.25) is 4.68 Å². The van der Waals surface area contributed by atoms with Gasteiger partial charge in [-0.1, -0.05) is 37.3 Å². The normalized spacial score (nSPS) is 11.5. The van der Waals surface area contributed by atoms with Gasteiger partial charge in [-0.15, -0.1) is 16.4 Å². The van der Waals surface area contributed by atoms with E-state index in [0.717, 1.165) is 33.3 Å². The van der Waals surface area contributed by atoms with E-state index in [1.807, 2.05) is 24.3 Å². The molecule has 190 valence electrons. The van der Waals surface area contributed by atoms with Crippen molar-refractivity contribution in [2.75, 3.05) is 18.4 Å². The first-order valence-corrected chi connectivity index (χ1v) is 12.8. The monoisotopic (exact) mass is 520 g/mol. The van der Waals surface area contributed by atoms with Gasteiger partial charge in [0, 0.05) is 41.8 Å². The average molecular weight is 521 g/mol. The molecule has 11 heteroatoms. The van der Waals surface area contributed by atoms with Crippen molar-refractivity contribution < 1.29 is 8.78 Å². The molecular formula is C26H26F2N8S. The first-order chi connectivity index (χ1) is 18.0. The molecule has 0 atom stereocenters. The second-order valence-electron chi connectivity index (χ2n) is 9.01. The molecule has 0 amide bonds. The number of rotatable bonds is 10. The van der Waals surface area contributed by atoms with Gasteiger partial charge >= 0.3 is 0 Å². The van der Waals surface area contributed by atoms with Crippen molar-refractivity contribution >= 4 is 27.4 Å². The van der Waals surface area contributed by atoms with E-state index in [1.54, 1.807) is 23.3 Å². The van der Waals surface area contributed by atoms with Gasteiger partial charge in [0.05, 0.1) is 23.8 Å². The molecule has 0 saturated heterocycles. The number of pyridine rings is 1. The van der Waals surface area contributed by atoms with Crippen molar-refractivity contribution in [3.63, 3.8) is 0 Å². The van der Waals surface area contributed by atoms with Crippen LogP contribution in [0.25, 0.3) is 31.8 Å². The van der Waals surface area contributed by atoms with E-state index < -0.39 is 11.8 Å². The lowest BCUT2D eigenvalue weighted by molar-refractivity contribution is 0.548. The van der Waals surface area contributed by atoms with Gasteiger partial charge in [0.1, 0.15) is 5.69 Å². The third-order valence-corrected chi connectivity index (χ3v) is 6.92. The molecule has 37 heavy (non-hydrogen) atoms. The van der Waals surface area contributed by atoms with Gasteiger partial charge in [0.2, 0.25) is 11.9 Å². The maximum absolute atomic E-state index is 14.8. The predicted octanol–water partition coefficient (Wildman–Crippen LogP) is 5.15. The lowest BCUT2D eigenvalue weighted by Crippen LogP contribution is -2.19. The zero-order valence-corrected chi connectivity index (χ0v) is 21.3. The summed E-state index contributed by atoms with van der Waals surface area (Å²) < 4.78 is 31.7. The zero-order valence-electron chi connectivity index (χ0n) is 20.4. The number of hydrogen-bond donors (Lipinski definition) is 2. The molecule has 1 aromatic carbocycles. The smallest absolute Gasteiger partial charge is 0.223 e. The summed E-state index contributed by atoms with van der Waals surface area (Å²) in [6, 6.07) is 9.21. The number of aromatic nitrogens is 6. The van der Waals surface area contributed by atoms with Crippen LogP contribution < -0.4 is 10.6 Å². The number of hydrogen-bond acceptors (Lipinski definition) is 8. The first-order valence-electron chi connectivity index (χ1n) is 12.0. The standard InChI is InChI=1S/C26H26F2N8S/c1-16(2)12-29-13-18-14-31-23(28)11-20(18)19-5-3-4-17-10-22(37-25(17)19)24-21(27)15-32-26(34-24)30-6-8-36-9-7-33-35-36/h3-5,7,9-11,14-16,29H,6,8,12-13H2,1-2H3,(H,30,32,34). The van der Waals surface area contributed by atoms with Crippen LogP contribution >= 0.6 is 11.3 Å². The van der Waals surface area contributed by atoms with Gasteiger partial charge in [0.25, 0.3) is 0 Å². The Morgan fingerprint density at radius 2 is 1.97 bits per heavy atom. The molecule has 0 spiro atoms. The summed E-state index contributed by atoms with van der Waals surface area (Å²) in [5.74, 6) is -0.239. The minimum absolute atomic E-state index is 0.213. The molecule has 0 unspecified atom stereocenters. The average Bonchev–Trinajstić information content (AvgIpc) is 3.55. The SMILES string of the molecule is CC(C)CNCc1cnc(F)cc1-c1cccc2cc(-c3nc(NCCn4ccnn4)ncc3F)sc12. The molecule has 2 N–H and O–H groups in total. The van der Waals surface area contributed by atoms with E-state index in [-0.39, 0.29) is 5.69 Å². The summed E-state index contributed by atoms with van der Waals surface area (Å²) in [4.78, 5) is 13.0. The third-order valence-electron chi connectivity index (χ3n) is 5.73. The van der Waals surface area contributed by atoms with Crippen molar-refractivity contribution in [1.82, 2.24) is 35.3 Å². The van der Waals surface area contributed by atoms with Gasteiger partial charge in [-0.25, -0.2) is 19.3 Å². The molecule has 8 nitrogen and oxygen atoms in total. The highest BCUT2D eigenvalue weighted by Gasteiger charge is 2.17. The summed E-state index contributed by atoms with van der Waals surface area (Å²) >= 11 is 1.42. The second kappa shape index (κ2) is 11.1. The van der Waals surface area contributed by atoms with E-state index >= 15 is 0 Å². The van der Waals surface area contributed by atoms with Gasteiger partial charge in [-0.05, 0) is 35.0 Å². The topological polar surface area (TPSA) is 93.4 Å². The van der Waals surface area contributed by atoms with Crippen molar-refractivity contribution in [2.45, 2.75) is 26.9 Å². The van der Waals surface area contributed by atoms with Crippen LogP contribution in [0.2, 0.25) is 0 Å². The Bertz CT molecular complexity index is 1500. The molecule has 5 rings (SSSR count). The molecule has 4 heterocycles. The third kappa shape index (κ3) is 5.78. The molecular weight excluding hydrogens is 494 g/mol. The van der Waals surface area contributed by atoms with E-state index in [0.29, 0.717) is 36.4 Å². The Morgan fingerprint density at radius 1 is 1.08 bits per heavy atom. The summed E-state index contributed by atoms with van der Waals surface area (Å²) in [6.45, 7) is 6.75. The van der Waals surface area contributed by atoms with E-state index in [1.165, 1.54) is 23.6 Å². The Balaban J connectivity index is 1.46. The number of nitrogens with zero attached hydrogens (tertiary/aromatic N) is 6. The van der Waals surface area contributed by atoms with Crippen LogP contribution in [0.5, 0.6) is 0 Å². The maximum atomic E-state index is 14.8. The molecule has 0 bridgehead atoms. The molecule has 0 aliphatic heterocycles. The summed E-state index contributed by atoms with van der Waals surface area (Å²) in [5, 5.41) is 15.1. The lowest BCUT2D eigenvalue weighted by atomic mass is 10.00. The van der Waals surface area contributed by atoms with Crippen molar-refractivity contribution in [1.29, 1.82) is 0 Å². The molecule has 0 aliphatic rings. The highest BCUT2D eigenvalue weighted by Crippen LogP contribution is 2.40. The fourth-order valence-corrected chi connectivity index (χ4v) is 5.17. The summed E-state index contributed by atoms with van der Waals surface area (Å²) in [5.41, 5.74) is 2.75. The summed E-state index contributed by atoms with van der Waals surface area (Å²) in [6.07, 6.45) is 6.11. The Kier molecular flexibility index (Phi) is 7.42. The Morgan fingerprint density at radius 3 is 2.78 bits per heavy atom. The molecule has 0 saturated carbocycles. The highest BCUT2D eigenvalue weighted by molar-refractivity contribution is 7.22. The van der Waals surface area contributed by atoms with E-state index in [2.05, 4.69) is 49.7 Å². The quantitative estimate of drug-likeness (QED) is 0.246. The van der Waals surface area contributed by atoms with Crippen molar-refractivity contribution in [3.8, 4) is 21.7 Å². The number of anilines is 1. The Hall–Kier alpha value is -3.83. The first kappa shape index (κ1) is 24.8. The zero-order chi connectivity index (χ0) is 25.8. The van der Waals surface area contributed by atoms with E-state index in [4.69, 9.17) is 0 Å². The number of halogens is 2. The molecule has 4 aromatic heterocycles. The van der Waals surface area contributed by atoms with Gasteiger partial charge < -0.3 is 10.6 Å². The summed E-state index contributed by atoms with van der Waals surface area (Å²) in [7, 11) is 0. The van der Waals surface area contributed by atoms with Crippen molar-refractivity contribution in [2.24, 2.45) is 5.92 Å². The second-order valence-corrected chi connectivity index (χ2v) is 10.1. The van der Waals surface area contributed by atoms with Crippen LogP contribution in [0, 0.1) is 17.7 Å². The number of nitrogens with one attached hydrogen (secondary N) is 2. The predicted molar refractivity (Wildman–Crippen MR) is 141 cm³/mol. The minimum atomic E-state index is -0.542. The molecule has 0 fully saturated rings. The van der Waals surface area contributed by atoms with Crippen LogP contribution in [-0.2, 0) is 13.1 Å². The largest absolute Gasteiger partial charge is 0.352 e. The van der Waals surface area contributed by atoms with Gasteiger partial charge in [-0.2, -0.15) is 4.39 Å². The fraction of sp³-hybridized carbons (Fsp3) is 0.269. The Labute approximate surface area is 216 Å². The molecule has 0 radical (unpaired) electrons. The molecule has 5 aromatic rings. The van der Waals surface area contributed by atoms with Crippen molar-refractivity contribution in [3.05, 3.63) is 72.4 Å². The number of benzene rings is 1. The number of thiophene rings is 1. The van der Waals surface area contributed by atoms with Crippen LogP contribution in [-0.4, -0.2) is 43.0 Å². The van der Waals surface area contributed by atoms with Crippen LogP contribution in [0.1, 0.15) is 19.4 Å². The maximum Gasteiger partial charge on any atom is 0.223 e. The highest BCUT2D eigenvalue weighted by atomic mass is 32.1. The number of fused-ring (bicyclic) bond motifs is 1. The fourth-order valence-electron chi connectivity index (χ4n) is 4.00.